The number of hydrogen-bond donors (Lipinski definition) is 2. The molecule has 0 bridgehead atoms. The van der Waals surface area contributed by atoms with Crippen molar-refractivity contribution in [3.8, 4) is 11.5 Å². The summed E-state index contributed by atoms with van der Waals surface area (Å²) in [5.74, 6) is -0.706. The number of hydrogen-bond acceptors (Lipinski definition) is 3. The maximum atomic E-state index is 9.39. The van der Waals surface area contributed by atoms with Crippen molar-refractivity contribution in [2.75, 3.05) is 0 Å². The molecule has 0 spiro atoms. The highest BCUT2D eigenvalue weighted by molar-refractivity contribution is 5.97. The number of aromatic hydroxyl groups is 2. The number of phenolic OH excluding ortho intramolecular Hbond substituents is 2. The summed E-state index contributed by atoms with van der Waals surface area (Å²) in [6, 6.07) is 8.42. The molecule has 69 valence electrons. The molecule has 2 aromatic carbocycles. The van der Waals surface area contributed by atoms with Gasteiger partial charge >= 0.3 is 0 Å². The predicted octanol–water partition coefficient (Wildman–Crippen LogP) is 2.13. The molecule has 2 rings (SSSR count). The van der Waals surface area contributed by atoms with Gasteiger partial charge in [0, 0.05) is 5.39 Å². The van der Waals surface area contributed by atoms with E-state index in [1.165, 1.54) is 6.07 Å². The van der Waals surface area contributed by atoms with E-state index < -0.39 is 5.75 Å². The van der Waals surface area contributed by atoms with Crippen molar-refractivity contribution in [1.82, 2.24) is 5.53 Å². The second-order valence-electron chi connectivity index (χ2n) is 2.91. The van der Waals surface area contributed by atoms with Gasteiger partial charge in [0.25, 0.3) is 0 Å². The van der Waals surface area contributed by atoms with Gasteiger partial charge in [0.2, 0.25) is 0 Å². The van der Waals surface area contributed by atoms with Gasteiger partial charge in [0.15, 0.2) is 11.5 Å². The quantitative estimate of drug-likeness (QED) is 0.530. The van der Waals surface area contributed by atoms with Crippen molar-refractivity contribution in [3.63, 3.8) is 0 Å². The summed E-state index contributed by atoms with van der Waals surface area (Å²) in [6.45, 7) is 0. The van der Waals surface area contributed by atoms with E-state index in [4.69, 9.17) is 5.53 Å². The summed E-state index contributed by atoms with van der Waals surface area (Å²) in [5.41, 5.74) is 8.68. The Hall–Kier alpha value is -2.10. The third kappa shape index (κ3) is 1.08. The molecule has 0 saturated carbocycles. The highest BCUT2D eigenvalue weighted by Gasteiger charge is 2.10. The van der Waals surface area contributed by atoms with Crippen LogP contribution in [-0.4, -0.2) is 10.2 Å². The minimum absolute atomic E-state index is 0.0133. The number of rotatable bonds is 1. The number of nitrogens with zero attached hydrogens (tertiary/aromatic N) is 2. The third-order valence-corrected chi connectivity index (χ3v) is 2.08. The van der Waals surface area contributed by atoms with Crippen molar-refractivity contribution >= 4 is 16.5 Å². The van der Waals surface area contributed by atoms with Crippen molar-refractivity contribution < 1.29 is 10.2 Å². The Morgan fingerprint density at radius 2 is 1.86 bits per heavy atom. The second-order valence-corrected chi connectivity index (χ2v) is 2.91. The zero-order chi connectivity index (χ0) is 10.1. The standard InChI is InChI=1S/C10H7N2O2/c11-12-9-7-4-2-1-3-6(7)5-8(13)10(9)14/h1-5,13-14H. The molecule has 0 saturated heterocycles. The first kappa shape index (κ1) is 8.50. The first-order valence-electron chi connectivity index (χ1n) is 4.03. The van der Waals surface area contributed by atoms with Crippen LogP contribution >= 0.6 is 0 Å². The van der Waals surface area contributed by atoms with E-state index in [0.717, 1.165) is 0 Å². The minimum atomic E-state index is -0.411. The summed E-state index contributed by atoms with van der Waals surface area (Å²) in [4.78, 5) is 0. The van der Waals surface area contributed by atoms with Crippen molar-refractivity contribution in [2.24, 2.45) is 5.11 Å². The molecule has 0 aliphatic carbocycles. The molecule has 2 aromatic rings. The molecule has 0 amide bonds. The van der Waals surface area contributed by atoms with E-state index in [9.17, 15) is 10.2 Å². The molecule has 2 N–H and O–H groups in total. The molecule has 14 heavy (non-hydrogen) atoms. The Kier molecular flexibility index (Phi) is 1.81. The summed E-state index contributed by atoms with van der Waals surface area (Å²) in [7, 11) is 0. The Morgan fingerprint density at radius 3 is 2.57 bits per heavy atom. The Balaban J connectivity index is 2.96. The fourth-order valence-electron chi connectivity index (χ4n) is 1.40. The zero-order valence-corrected chi connectivity index (χ0v) is 7.18. The SMILES string of the molecule is [N]=Nc1c(O)c(O)cc2ccccc12. The predicted molar refractivity (Wildman–Crippen MR) is 51.5 cm³/mol. The van der Waals surface area contributed by atoms with Gasteiger partial charge in [-0.1, -0.05) is 24.3 Å². The molecule has 0 aliphatic heterocycles. The molecule has 1 radical (unpaired) electrons. The van der Waals surface area contributed by atoms with Gasteiger partial charge in [0.05, 0.1) is 0 Å². The van der Waals surface area contributed by atoms with E-state index >= 15 is 0 Å². The highest BCUT2D eigenvalue weighted by Crippen LogP contribution is 2.41. The lowest BCUT2D eigenvalue weighted by atomic mass is 10.1. The smallest absolute Gasteiger partial charge is 0.186 e. The van der Waals surface area contributed by atoms with Crippen LogP contribution < -0.4 is 5.53 Å². The largest absolute Gasteiger partial charge is 0.504 e. The molecular formula is C10H7N2O2. The Morgan fingerprint density at radius 1 is 1.14 bits per heavy atom. The lowest BCUT2D eigenvalue weighted by molar-refractivity contribution is 0.406. The molecule has 0 aromatic heterocycles. The van der Waals surface area contributed by atoms with E-state index in [-0.39, 0.29) is 11.4 Å². The van der Waals surface area contributed by atoms with Crippen LogP contribution in [0, 0.1) is 0 Å². The first-order valence-corrected chi connectivity index (χ1v) is 4.03. The Labute approximate surface area is 79.9 Å². The first-order chi connectivity index (χ1) is 6.74. The highest BCUT2D eigenvalue weighted by atomic mass is 16.3. The van der Waals surface area contributed by atoms with Gasteiger partial charge < -0.3 is 10.2 Å². The maximum absolute atomic E-state index is 9.39. The summed E-state index contributed by atoms with van der Waals surface area (Å²) >= 11 is 0. The van der Waals surface area contributed by atoms with Gasteiger partial charge in [-0.15, -0.1) is 5.11 Å². The van der Waals surface area contributed by atoms with Crippen LogP contribution in [0.25, 0.3) is 10.8 Å². The van der Waals surface area contributed by atoms with Crippen molar-refractivity contribution in [2.45, 2.75) is 0 Å². The van der Waals surface area contributed by atoms with Crippen LogP contribution in [0.1, 0.15) is 0 Å². The van der Waals surface area contributed by atoms with Crippen molar-refractivity contribution in [1.29, 1.82) is 0 Å². The maximum Gasteiger partial charge on any atom is 0.186 e. The van der Waals surface area contributed by atoms with Crippen LogP contribution in [0.2, 0.25) is 0 Å². The number of phenols is 2. The van der Waals surface area contributed by atoms with Gasteiger partial charge in [-0.25, -0.2) is 0 Å². The number of benzene rings is 2. The van der Waals surface area contributed by atoms with E-state index in [1.54, 1.807) is 24.3 Å². The molecule has 0 heterocycles. The van der Waals surface area contributed by atoms with Gasteiger partial charge in [-0.05, 0) is 17.0 Å². The summed E-state index contributed by atoms with van der Waals surface area (Å²) < 4.78 is 0. The zero-order valence-electron chi connectivity index (χ0n) is 7.18. The molecule has 0 fully saturated rings. The van der Waals surface area contributed by atoms with E-state index in [1.807, 2.05) is 0 Å². The molecule has 0 unspecified atom stereocenters. The average Bonchev–Trinajstić information content (AvgIpc) is 2.20. The van der Waals surface area contributed by atoms with Crippen molar-refractivity contribution in [3.05, 3.63) is 30.3 Å². The third-order valence-electron chi connectivity index (χ3n) is 2.08. The van der Waals surface area contributed by atoms with Gasteiger partial charge in [-0.3, -0.25) is 0 Å². The minimum Gasteiger partial charge on any atom is -0.504 e. The topological polar surface area (TPSA) is 75.1 Å². The van der Waals surface area contributed by atoms with Gasteiger partial charge in [0.1, 0.15) is 5.69 Å². The second kappa shape index (κ2) is 2.99. The Bertz CT molecular complexity index is 509. The molecule has 0 aliphatic rings. The van der Waals surface area contributed by atoms with Crippen LogP contribution in [0.15, 0.2) is 35.4 Å². The molecule has 0 atom stereocenters. The van der Waals surface area contributed by atoms with Crippen LogP contribution in [0.3, 0.4) is 0 Å². The van der Waals surface area contributed by atoms with Gasteiger partial charge in [-0.2, -0.15) is 0 Å². The van der Waals surface area contributed by atoms with E-state index in [2.05, 4.69) is 5.11 Å². The fourth-order valence-corrected chi connectivity index (χ4v) is 1.40. The molecular weight excluding hydrogens is 180 g/mol. The molecule has 4 nitrogen and oxygen atoms in total. The summed E-state index contributed by atoms with van der Waals surface area (Å²) in [6.07, 6.45) is 0. The summed E-state index contributed by atoms with van der Waals surface area (Å²) in [5, 5.41) is 22.9. The average molecular weight is 187 g/mol. The fraction of sp³-hybridized carbons (Fsp3) is 0. The van der Waals surface area contributed by atoms with Crippen LogP contribution in [0.5, 0.6) is 11.5 Å². The normalized spacial score (nSPS) is 10.3. The van der Waals surface area contributed by atoms with E-state index in [0.29, 0.717) is 10.8 Å². The lowest BCUT2D eigenvalue weighted by Crippen LogP contribution is -1.76. The monoisotopic (exact) mass is 187 g/mol. The lowest BCUT2D eigenvalue weighted by Gasteiger charge is -2.04. The van der Waals surface area contributed by atoms with Crippen LogP contribution in [0.4, 0.5) is 5.69 Å². The van der Waals surface area contributed by atoms with Crippen LogP contribution in [-0.2, 0) is 0 Å². The number of fused-ring (bicyclic) bond motifs is 1. The molecule has 4 heteroatoms.